The highest BCUT2D eigenvalue weighted by molar-refractivity contribution is 5.66. The lowest BCUT2D eigenvalue weighted by Crippen LogP contribution is -2.44. The summed E-state index contributed by atoms with van der Waals surface area (Å²) in [6.45, 7) is 12.1. The summed E-state index contributed by atoms with van der Waals surface area (Å²) in [4.78, 5) is 23.3. The average molecular weight is 393 g/mol. The van der Waals surface area contributed by atoms with Gasteiger partial charge in [0.15, 0.2) is 0 Å². The molecule has 1 aliphatic heterocycles. The quantitative estimate of drug-likeness (QED) is 0.500. The predicted molar refractivity (Wildman–Crippen MR) is 106 cm³/mol. The first kappa shape index (κ1) is 21.4. The van der Waals surface area contributed by atoms with Crippen LogP contribution in [0.4, 0.5) is 0 Å². The first-order valence-electron chi connectivity index (χ1n) is 10.7. The number of carbonyl (C=O) groups is 2. The summed E-state index contributed by atoms with van der Waals surface area (Å²) in [5, 5.41) is 0. The summed E-state index contributed by atoms with van der Waals surface area (Å²) in [7, 11) is 0. The first-order chi connectivity index (χ1) is 13.1. The highest BCUT2D eigenvalue weighted by atomic mass is 16.8. The Kier molecular flexibility index (Phi) is 5.96. The van der Waals surface area contributed by atoms with Gasteiger partial charge in [0.1, 0.15) is 0 Å². The number of hydrogen-bond donors (Lipinski definition) is 0. The topological polar surface area (TPSA) is 61.8 Å². The fourth-order valence-electron chi connectivity index (χ4n) is 6.39. The number of esters is 2. The fourth-order valence-corrected chi connectivity index (χ4v) is 6.39. The molecule has 0 spiro atoms. The molecule has 0 aromatic rings. The molecule has 0 bridgehead atoms. The monoisotopic (exact) mass is 392 g/mol. The lowest BCUT2D eigenvalue weighted by atomic mass is 9.53. The lowest BCUT2D eigenvalue weighted by molar-refractivity contribution is -0.213. The molecule has 2 saturated carbocycles. The third kappa shape index (κ3) is 4.14. The Labute approximate surface area is 169 Å². The third-order valence-electron chi connectivity index (χ3n) is 7.17. The van der Waals surface area contributed by atoms with Crippen molar-refractivity contribution >= 4 is 11.9 Å². The molecule has 0 radical (unpaired) electrons. The van der Waals surface area contributed by atoms with E-state index in [-0.39, 0.29) is 29.2 Å². The number of allylic oxidation sites excluding steroid dienone is 1. The molecule has 3 aliphatic rings. The zero-order chi connectivity index (χ0) is 20.7. The van der Waals surface area contributed by atoms with Gasteiger partial charge in [-0.3, -0.25) is 9.59 Å². The summed E-state index contributed by atoms with van der Waals surface area (Å²) < 4.78 is 16.9. The van der Waals surface area contributed by atoms with E-state index < -0.39 is 12.6 Å². The number of carbonyl (C=O) groups excluding carboxylic acids is 2. The molecule has 0 amide bonds. The largest absolute Gasteiger partial charge is 0.435 e. The number of ether oxygens (including phenoxy) is 3. The van der Waals surface area contributed by atoms with Crippen molar-refractivity contribution in [3.63, 3.8) is 0 Å². The van der Waals surface area contributed by atoms with E-state index in [1.54, 1.807) is 0 Å². The van der Waals surface area contributed by atoms with Crippen LogP contribution in [0.1, 0.15) is 80.1 Å². The van der Waals surface area contributed by atoms with E-state index in [0.29, 0.717) is 11.3 Å². The van der Waals surface area contributed by atoms with E-state index >= 15 is 0 Å². The van der Waals surface area contributed by atoms with Crippen molar-refractivity contribution in [2.24, 2.45) is 28.6 Å². The minimum absolute atomic E-state index is 0.0379. The minimum atomic E-state index is -0.680. The molecule has 6 atom stereocenters. The van der Waals surface area contributed by atoms with E-state index in [2.05, 4.69) is 33.8 Å². The summed E-state index contributed by atoms with van der Waals surface area (Å²) in [5.74, 6) is -0.294. The van der Waals surface area contributed by atoms with Gasteiger partial charge in [-0.25, -0.2) is 0 Å². The molecule has 3 fully saturated rings. The van der Waals surface area contributed by atoms with Crippen molar-refractivity contribution in [2.75, 3.05) is 0 Å². The molecule has 0 N–H and O–H groups in total. The zero-order valence-electron chi connectivity index (χ0n) is 18.2. The van der Waals surface area contributed by atoms with Crippen molar-refractivity contribution in [1.29, 1.82) is 0 Å². The first-order valence-corrected chi connectivity index (χ1v) is 10.7. The fraction of sp³-hybridized carbons (Fsp3) is 0.826. The molecule has 1 saturated heterocycles. The summed E-state index contributed by atoms with van der Waals surface area (Å²) in [6.07, 6.45) is 7.81. The molecule has 3 rings (SSSR count). The van der Waals surface area contributed by atoms with Crippen LogP contribution in [0.3, 0.4) is 0 Å². The van der Waals surface area contributed by atoms with Crippen LogP contribution in [0.5, 0.6) is 0 Å². The van der Waals surface area contributed by atoms with Gasteiger partial charge in [-0.2, -0.15) is 0 Å². The normalized spacial score (nSPS) is 41.4. The molecule has 0 aromatic carbocycles. The van der Waals surface area contributed by atoms with Crippen molar-refractivity contribution in [2.45, 2.75) is 92.6 Å². The standard InChI is InChI=1S/C23H36O5/c1-7-16-18(23(6)12-8-11-22(4,5)13-23)10-9-17-19(16)21(27-15(3)25)28-20(17)26-14(2)24/h7,17-21H,8-13H2,1-6H3/b16-7+/t17-,18+,19+,20-,21+,23+/m0/s1. The van der Waals surface area contributed by atoms with Crippen molar-refractivity contribution in [1.82, 2.24) is 0 Å². The Morgan fingerprint density at radius 3 is 2.25 bits per heavy atom. The minimum Gasteiger partial charge on any atom is -0.435 e. The number of fused-ring (bicyclic) bond motifs is 1. The maximum Gasteiger partial charge on any atom is 0.304 e. The van der Waals surface area contributed by atoms with Gasteiger partial charge in [-0.1, -0.05) is 38.8 Å². The van der Waals surface area contributed by atoms with Gasteiger partial charge in [0.2, 0.25) is 12.6 Å². The van der Waals surface area contributed by atoms with Crippen LogP contribution in [0.2, 0.25) is 0 Å². The Bertz CT molecular complexity index is 651. The second-order valence-corrected chi connectivity index (χ2v) is 10.0. The lowest BCUT2D eigenvalue weighted by Gasteiger charge is -2.51. The third-order valence-corrected chi connectivity index (χ3v) is 7.17. The highest BCUT2D eigenvalue weighted by Gasteiger charge is 2.56. The highest BCUT2D eigenvalue weighted by Crippen LogP contribution is 2.59. The smallest absolute Gasteiger partial charge is 0.304 e. The van der Waals surface area contributed by atoms with Crippen LogP contribution in [0, 0.1) is 28.6 Å². The van der Waals surface area contributed by atoms with Crippen LogP contribution in [0.25, 0.3) is 0 Å². The van der Waals surface area contributed by atoms with Gasteiger partial charge in [0.05, 0.1) is 5.92 Å². The van der Waals surface area contributed by atoms with Crippen LogP contribution >= 0.6 is 0 Å². The van der Waals surface area contributed by atoms with Crippen molar-refractivity contribution in [3.05, 3.63) is 11.6 Å². The van der Waals surface area contributed by atoms with Crippen LogP contribution < -0.4 is 0 Å². The Morgan fingerprint density at radius 1 is 1.04 bits per heavy atom. The number of rotatable bonds is 3. The van der Waals surface area contributed by atoms with E-state index in [1.165, 1.54) is 45.1 Å². The molecule has 2 aliphatic carbocycles. The van der Waals surface area contributed by atoms with Gasteiger partial charge in [-0.15, -0.1) is 0 Å². The van der Waals surface area contributed by atoms with E-state index in [9.17, 15) is 9.59 Å². The maximum absolute atomic E-state index is 11.7. The Morgan fingerprint density at radius 2 is 1.68 bits per heavy atom. The Balaban J connectivity index is 1.90. The molecule has 0 aromatic heterocycles. The molecule has 158 valence electrons. The molecule has 5 heteroatoms. The van der Waals surface area contributed by atoms with Gasteiger partial charge in [0, 0.05) is 19.8 Å². The van der Waals surface area contributed by atoms with Crippen molar-refractivity contribution in [3.8, 4) is 0 Å². The maximum atomic E-state index is 11.7. The predicted octanol–water partition coefficient (Wildman–Crippen LogP) is 4.99. The van der Waals surface area contributed by atoms with E-state index in [4.69, 9.17) is 14.2 Å². The van der Waals surface area contributed by atoms with Crippen LogP contribution in [-0.4, -0.2) is 24.5 Å². The van der Waals surface area contributed by atoms with E-state index in [0.717, 1.165) is 12.8 Å². The molecule has 5 nitrogen and oxygen atoms in total. The summed E-state index contributed by atoms with van der Waals surface area (Å²) in [5.41, 5.74) is 1.90. The number of hydrogen-bond acceptors (Lipinski definition) is 5. The van der Waals surface area contributed by atoms with Gasteiger partial charge in [0.25, 0.3) is 0 Å². The Hall–Kier alpha value is -1.36. The van der Waals surface area contributed by atoms with Gasteiger partial charge >= 0.3 is 11.9 Å². The van der Waals surface area contributed by atoms with Gasteiger partial charge in [-0.05, 0) is 55.8 Å². The van der Waals surface area contributed by atoms with E-state index in [1.807, 2.05) is 0 Å². The summed E-state index contributed by atoms with van der Waals surface area (Å²) >= 11 is 0. The molecule has 0 unspecified atom stereocenters. The zero-order valence-corrected chi connectivity index (χ0v) is 18.2. The second-order valence-electron chi connectivity index (χ2n) is 10.0. The molecule has 1 heterocycles. The summed E-state index contributed by atoms with van der Waals surface area (Å²) in [6, 6.07) is 0. The molecular formula is C23H36O5. The average Bonchev–Trinajstić information content (AvgIpc) is 2.89. The second kappa shape index (κ2) is 7.81. The van der Waals surface area contributed by atoms with Gasteiger partial charge < -0.3 is 14.2 Å². The van der Waals surface area contributed by atoms with Crippen molar-refractivity contribution < 1.29 is 23.8 Å². The SMILES string of the molecule is C/C=C1/[C@H]2[C@H](OC(C)=O)O[C@H](OC(C)=O)[C@H]2CC[C@H]1[C@]1(C)CCCC(C)(C)C1. The molecule has 28 heavy (non-hydrogen) atoms. The molecular weight excluding hydrogens is 356 g/mol. The van der Waals surface area contributed by atoms with Crippen LogP contribution in [-0.2, 0) is 23.8 Å². The van der Waals surface area contributed by atoms with Crippen LogP contribution in [0.15, 0.2) is 11.6 Å².